The summed E-state index contributed by atoms with van der Waals surface area (Å²) in [6, 6.07) is 0. The first kappa shape index (κ1) is 11.1. The van der Waals surface area contributed by atoms with Crippen molar-refractivity contribution in [2.75, 3.05) is 7.11 Å². The van der Waals surface area contributed by atoms with Gasteiger partial charge < -0.3 is 4.74 Å². The van der Waals surface area contributed by atoms with Gasteiger partial charge in [-0.25, -0.2) is 4.79 Å². The van der Waals surface area contributed by atoms with Crippen LogP contribution in [0, 0.1) is 0 Å². The lowest BCUT2D eigenvalue weighted by Gasteiger charge is -1.97. The molecule has 0 rings (SSSR count). The number of hydrogen-bond acceptors (Lipinski definition) is 3. The molecule has 0 saturated carbocycles. The van der Waals surface area contributed by atoms with Crippen LogP contribution in [0.4, 0.5) is 0 Å². The maximum absolute atomic E-state index is 11.0. The summed E-state index contributed by atoms with van der Waals surface area (Å²) >= 11 is 3.10. The number of ether oxygens (including phenoxy) is 1. The van der Waals surface area contributed by atoms with Crippen LogP contribution in [0.1, 0.15) is 6.92 Å². The second kappa shape index (κ2) is 5.71. The Morgan fingerprint density at radius 3 is 2.58 bits per heavy atom. The second-order valence-electron chi connectivity index (χ2n) is 1.86. The predicted molar refractivity (Wildman–Crippen MR) is 52.3 cm³/mol. The van der Waals surface area contributed by atoms with Crippen LogP contribution in [-0.4, -0.2) is 19.8 Å². The van der Waals surface area contributed by atoms with E-state index < -0.39 is 5.97 Å². The summed E-state index contributed by atoms with van der Waals surface area (Å²) in [5, 5.41) is 0. The largest absolute Gasteiger partial charge is 0.465 e. The monoisotopic (exact) mass is 231 g/mol. The highest BCUT2D eigenvalue weighted by molar-refractivity contribution is 9.11. The van der Waals surface area contributed by atoms with Gasteiger partial charge in [0.05, 0.1) is 12.7 Å². The maximum atomic E-state index is 11.0. The van der Waals surface area contributed by atoms with Gasteiger partial charge in [0.1, 0.15) is 4.61 Å². The van der Waals surface area contributed by atoms with E-state index >= 15 is 0 Å². The summed E-state index contributed by atoms with van der Waals surface area (Å²) in [5.41, 5.74) is 0.441. The smallest absolute Gasteiger partial charge is 0.337 e. The third-order valence-corrected chi connectivity index (χ3v) is 1.64. The lowest BCUT2D eigenvalue weighted by molar-refractivity contribution is -0.135. The first-order valence-corrected chi connectivity index (χ1v) is 4.03. The second-order valence-corrected chi connectivity index (χ2v) is 2.67. The molecule has 0 heterocycles. The van der Waals surface area contributed by atoms with Crippen LogP contribution >= 0.6 is 15.9 Å². The van der Waals surface area contributed by atoms with Crippen molar-refractivity contribution in [2.45, 2.75) is 6.92 Å². The molecule has 0 amide bonds. The van der Waals surface area contributed by atoms with Gasteiger partial charge in [0.2, 0.25) is 0 Å². The summed E-state index contributed by atoms with van der Waals surface area (Å²) in [7, 11) is 1.33. The van der Waals surface area contributed by atoms with Crippen LogP contribution in [-0.2, 0) is 9.53 Å². The first-order chi connectivity index (χ1) is 5.65. The molecule has 0 bridgehead atoms. The lowest BCUT2D eigenvalue weighted by Crippen LogP contribution is -2.02. The molecule has 0 aromatic carbocycles. The Morgan fingerprint density at radius 2 is 2.25 bits per heavy atom. The van der Waals surface area contributed by atoms with Crippen molar-refractivity contribution in [3.8, 4) is 0 Å². The van der Waals surface area contributed by atoms with Crippen molar-refractivity contribution < 1.29 is 9.53 Å². The Hall–Kier alpha value is -0.900. The molecule has 0 aromatic heterocycles. The van der Waals surface area contributed by atoms with Crippen molar-refractivity contribution in [3.63, 3.8) is 0 Å². The third kappa shape index (κ3) is 3.48. The maximum Gasteiger partial charge on any atom is 0.337 e. The minimum absolute atomic E-state index is 0.391. The molecule has 0 N–H and O–H groups in total. The zero-order chi connectivity index (χ0) is 9.56. The molecule has 12 heavy (non-hydrogen) atoms. The van der Waals surface area contributed by atoms with E-state index in [1.165, 1.54) is 7.11 Å². The summed E-state index contributed by atoms with van der Waals surface area (Å²) in [6.45, 7) is 5.03. The van der Waals surface area contributed by atoms with Gasteiger partial charge in [-0.05, 0) is 35.6 Å². The number of nitrogens with zero attached hydrogens (tertiary/aromatic N) is 1. The van der Waals surface area contributed by atoms with Gasteiger partial charge in [-0.3, -0.25) is 4.99 Å². The van der Waals surface area contributed by atoms with E-state index in [0.717, 1.165) is 0 Å². The number of halogens is 1. The Bertz CT molecular complexity index is 243. The Balaban J connectivity index is 4.61. The van der Waals surface area contributed by atoms with Crippen molar-refractivity contribution >= 4 is 28.6 Å². The van der Waals surface area contributed by atoms with Crippen LogP contribution in [0.5, 0.6) is 0 Å². The fourth-order valence-electron chi connectivity index (χ4n) is 0.552. The quantitative estimate of drug-likeness (QED) is 0.245. The van der Waals surface area contributed by atoms with Crippen LogP contribution in [0.2, 0.25) is 0 Å². The van der Waals surface area contributed by atoms with Gasteiger partial charge >= 0.3 is 5.97 Å². The number of hydrogen-bond donors (Lipinski definition) is 0. The first-order valence-electron chi connectivity index (χ1n) is 3.24. The molecule has 0 aromatic rings. The normalized spacial score (nSPS) is 12.6. The molecule has 0 aliphatic heterocycles. The molecule has 0 atom stereocenters. The topological polar surface area (TPSA) is 38.7 Å². The Morgan fingerprint density at radius 1 is 1.67 bits per heavy atom. The van der Waals surface area contributed by atoms with E-state index in [9.17, 15) is 4.79 Å². The molecular weight excluding hydrogens is 222 g/mol. The number of allylic oxidation sites excluding steroid dienone is 1. The number of methoxy groups -OCH3 is 1. The van der Waals surface area contributed by atoms with E-state index in [1.807, 2.05) is 0 Å². The minimum atomic E-state index is -0.391. The lowest BCUT2D eigenvalue weighted by atomic mass is 10.2. The molecule has 0 aliphatic carbocycles. The number of aliphatic imine (C=N–C) groups is 1. The van der Waals surface area contributed by atoms with Crippen LogP contribution in [0.25, 0.3) is 0 Å². The van der Waals surface area contributed by atoms with Crippen molar-refractivity contribution in [1.82, 2.24) is 0 Å². The molecule has 0 radical (unpaired) electrons. The summed E-state index contributed by atoms with van der Waals surface area (Å²) < 4.78 is 5.01. The van der Waals surface area contributed by atoms with E-state index in [2.05, 4.69) is 32.4 Å². The molecule has 0 unspecified atom stereocenters. The number of carbonyl (C=O) groups is 1. The van der Waals surface area contributed by atoms with Gasteiger partial charge in [0, 0.05) is 0 Å². The van der Waals surface area contributed by atoms with E-state index in [0.29, 0.717) is 10.2 Å². The zero-order valence-electron chi connectivity index (χ0n) is 7.00. The SMILES string of the molecule is C=N/C(Br)=C\C(=C/C)C(=O)OC. The van der Waals surface area contributed by atoms with E-state index in [1.54, 1.807) is 19.1 Å². The molecule has 66 valence electrons. The molecule has 4 heteroatoms. The van der Waals surface area contributed by atoms with Crippen LogP contribution in [0.3, 0.4) is 0 Å². The van der Waals surface area contributed by atoms with Gasteiger partial charge in [-0.2, -0.15) is 0 Å². The van der Waals surface area contributed by atoms with Gasteiger partial charge in [0.25, 0.3) is 0 Å². The van der Waals surface area contributed by atoms with Gasteiger partial charge in [0.15, 0.2) is 0 Å². The highest BCUT2D eigenvalue weighted by Gasteiger charge is 2.04. The third-order valence-electron chi connectivity index (χ3n) is 1.16. The summed E-state index contributed by atoms with van der Waals surface area (Å²) in [4.78, 5) is 14.5. The average molecular weight is 232 g/mol. The highest BCUT2D eigenvalue weighted by Crippen LogP contribution is 2.10. The molecule has 0 fully saturated rings. The minimum Gasteiger partial charge on any atom is -0.465 e. The summed E-state index contributed by atoms with van der Waals surface area (Å²) in [6.07, 6.45) is 3.18. The fraction of sp³-hybridized carbons (Fsp3) is 0.250. The molecule has 0 aliphatic rings. The van der Waals surface area contributed by atoms with Crippen molar-refractivity contribution in [1.29, 1.82) is 0 Å². The number of carbonyl (C=O) groups excluding carboxylic acids is 1. The summed E-state index contributed by atoms with van der Waals surface area (Å²) in [5.74, 6) is -0.391. The van der Waals surface area contributed by atoms with Crippen LogP contribution < -0.4 is 0 Å². The Labute approximate surface area is 80.0 Å². The van der Waals surface area contributed by atoms with Crippen molar-refractivity contribution in [3.05, 3.63) is 22.3 Å². The van der Waals surface area contributed by atoms with Crippen LogP contribution in [0.15, 0.2) is 27.3 Å². The van der Waals surface area contributed by atoms with E-state index in [-0.39, 0.29) is 0 Å². The molecular formula is C8H10BrNO2. The standard InChI is InChI=1S/C8H10BrNO2/c1-4-6(8(11)12-3)5-7(9)10-2/h4-5H,2H2,1,3H3/b6-4+,7-5-. The van der Waals surface area contributed by atoms with Gasteiger partial charge in [-0.1, -0.05) is 6.08 Å². The molecule has 3 nitrogen and oxygen atoms in total. The fourth-order valence-corrected chi connectivity index (χ4v) is 0.799. The zero-order valence-corrected chi connectivity index (χ0v) is 8.59. The van der Waals surface area contributed by atoms with Crippen molar-refractivity contribution in [2.24, 2.45) is 4.99 Å². The number of rotatable bonds is 3. The van der Waals surface area contributed by atoms with E-state index in [4.69, 9.17) is 0 Å². The predicted octanol–water partition coefficient (Wildman–Crippen LogP) is 2.04. The Kier molecular flexibility index (Phi) is 5.28. The molecule has 0 spiro atoms. The highest BCUT2D eigenvalue weighted by atomic mass is 79.9. The molecule has 0 saturated heterocycles. The number of esters is 1. The van der Waals surface area contributed by atoms with Gasteiger partial charge in [-0.15, -0.1) is 0 Å². The average Bonchev–Trinajstić information content (AvgIpc) is 2.12.